The fourth-order valence-corrected chi connectivity index (χ4v) is 3.71. The molecule has 178 valence electrons. The average molecular weight is 463 g/mol. The maximum Gasteiger partial charge on any atom is 0.272 e. The standard InChI is InChI=1S/C26H30N4O4/c1-4-33-23-14-13-19(15-24(23)34-5-2)27-25(31)17-29(3)26(32)22-16-21(18-11-12-18)28-30(22)20-9-7-6-8-10-20/h6-10,13-16,18H,4-5,11-12,17H2,1-3H3,(H,27,31). The number of para-hydroxylation sites is 1. The number of ether oxygens (including phenoxy) is 2. The van der Waals surface area contributed by atoms with Gasteiger partial charge in [-0.1, -0.05) is 18.2 Å². The molecule has 8 nitrogen and oxygen atoms in total. The number of rotatable bonds is 10. The van der Waals surface area contributed by atoms with E-state index < -0.39 is 0 Å². The Morgan fingerprint density at radius 2 is 1.74 bits per heavy atom. The molecular weight excluding hydrogens is 432 g/mol. The van der Waals surface area contributed by atoms with Gasteiger partial charge in [0.05, 0.1) is 31.1 Å². The first-order chi connectivity index (χ1) is 16.5. The molecule has 0 unspecified atom stereocenters. The molecule has 1 fully saturated rings. The molecule has 0 radical (unpaired) electrons. The van der Waals surface area contributed by atoms with Gasteiger partial charge >= 0.3 is 0 Å². The molecule has 4 rings (SSSR count). The molecular formula is C26H30N4O4. The number of hydrogen-bond donors (Lipinski definition) is 1. The Bertz CT molecular complexity index is 1150. The number of carbonyl (C=O) groups is 2. The summed E-state index contributed by atoms with van der Waals surface area (Å²) in [4.78, 5) is 27.4. The van der Waals surface area contributed by atoms with Crippen LogP contribution in [0.15, 0.2) is 54.6 Å². The van der Waals surface area contributed by atoms with Gasteiger partial charge in [0.25, 0.3) is 5.91 Å². The van der Waals surface area contributed by atoms with Gasteiger partial charge in [-0.25, -0.2) is 4.68 Å². The summed E-state index contributed by atoms with van der Waals surface area (Å²) < 4.78 is 12.9. The van der Waals surface area contributed by atoms with Crippen LogP contribution in [0.4, 0.5) is 5.69 Å². The molecule has 34 heavy (non-hydrogen) atoms. The Balaban J connectivity index is 1.47. The van der Waals surface area contributed by atoms with Crippen LogP contribution in [-0.4, -0.2) is 53.3 Å². The largest absolute Gasteiger partial charge is 0.490 e. The minimum absolute atomic E-state index is 0.102. The molecule has 0 aliphatic heterocycles. The van der Waals surface area contributed by atoms with Crippen molar-refractivity contribution in [1.29, 1.82) is 0 Å². The van der Waals surface area contributed by atoms with Crippen molar-refractivity contribution in [3.63, 3.8) is 0 Å². The summed E-state index contributed by atoms with van der Waals surface area (Å²) in [6, 6.07) is 16.6. The van der Waals surface area contributed by atoms with Crippen LogP contribution in [0.5, 0.6) is 11.5 Å². The van der Waals surface area contributed by atoms with Crippen molar-refractivity contribution in [1.82, 2.24) is 14.7 Å². The molecule has 1 aliphatic carbocycles. The van der Waals surface area contributed by atoms with Crippen LogP contribution in [0.25, 0.3) is 5.69 Å². The van der Waals surface area contributed by atoms with E-state index in [1.54, 1.807) is 29.9 Å². The maximum atomic E-state index is 13.3. The highest BCUT2D eigenvalue weighted by Gasteiger charge is 2.30. The van der Waals surface area contributed by atoms with Crippen molar-refractivity contribution in [2.24, 2.45) is 0 Å². The van der Waals surface area contributed by atoms with E-state index in [1.807, 2.05) is 50.2 Å². The molecule has 1 heterocycles. The summed E-state index contributed by atoms with van der Waals surface area (Å²) in [5, 5.41) is 7.52. The first kappa shape index (κ1) is 23.4. The second-order valence-corrected chi connectivity index (χ2v) is 8.21. The van der Waals surface area contributed by atoms with Gasteiger partial charge in [0.15, 0.2) is 11.5 Å². The number of anilines is 1. The fraction of sp³-hybridized carbons (Fsp3) is 0.346. The van der Waals surface area contributed by atoms with Crippen molar-refractivity contribution in [2.45, 2.75) is 32.6 Å². The molecule has 8 heteroatoms. The summed E-state index contributed by atoms with van der Waals surface area (Å²) in [5.41, 5.74) is 2.75. The summed E-state index contributed by atoms with van der Waals surface area (Å²) in [6.45, 7) is 4.67. The molecule has 0 saturated heterocycles. The molecule has 0 bridgehead atoms. The van der Waals surface area contributed by atoms with E-state index in [-0.39, 0.29) is 18.4 Å². The zero-order valence-electron chi connectivity index (χ0n) is 19.8. The van der Waals surface area contributed by atoms with Gasteiger partial charge in [0, 0.05) is 24.7 Å². The van der Waals surface area contributed by atoms with E-state index in [1.165, 1.54) is 4.90 Å². The number of likely N-dealkylation sites (N-methyl/N-ethyl adjacent to an activating group) is 1. The summed E-state index contributed by atoms with van der Waals surface area (Å²) >= 11 is 0. The summed E-state index contributed by atoms with van der Waals surface area (Å²) in [6.07, 6.45) is 2.17. The second kappa shape index (κ2) is 10.4. The number of aromatic nitrogens is 2. The van der Waals surface area contributed by atoms with Gasteiger partial charge in [0.1, 0.15) is 5.69 Å². The molecule has 3 aromatic rings. The van der Waals surface area contributed by atoms with Crippen LogP contribution < -0.4 is 14.8 Å². The highest BCUT2D eigenvalue weighted by Crippen LogP contribution is 2.40. The van der Waals surface area contributed by atoms with Crippen LogP contribution in [0.2, 0.25) is 0 Å². The summed E-state index contributed by atoms with van der Waals surface area (Å²) in [7, 11) is 1.62. The molecule has 2 aromatic carbocycles. The van der Waals surface area contributed by atoms with Crippen molar-refractivity contribution >= 4 is 17.5 Å². The molecule has 0 atom stereocenters. The number of nitrogens with one attached hydrogen (secondary N) is 1. The lowest BCUT2D eigenvalue weighted by Gasteiger charge is -2.18. The zero-order chi connectivity index (χ0) is 24.1. The predicted octanol–water partition coefficient (Wildman–Crippen LogP) is 4.26. The quantitative estimate of drug-likeness (QED) is 0.487. The van der Waals surface area contributed by atoms with Crippen molar-refractivity contribution in [3.05, 3.63) is 66.0 Å². The van der Waals surface area contributed by atoms with E-state index >= 15 is 0 Å². The van der Waals surface area contributed by atoms with E-state index in [0.717, 1.165) is 24.2 Å². The van der Waals surface area contributed by atoms with Gasteiger partial charge in [-0.05, 0) is 57.0 Å². The Morgan fingerprint density at radius 1 is 1.03 bits per heavy atom. The van der Waals surface area contributed by atoms with E-state index in [9.17, 15) is 9.59 Å². The van der Waals surface area contributed by atoms with E-state index in [2.05, 4.69) is 10.4 Å². The highest BCUT2D eigenvalue weighted by atomic mass is 16.5. The highest BCUT2D eigenvalue weighted by molar-refractivity contribution is 5.99. The lowest BCUT2D eigenvalue weighted by atomic mass is 10.2. The smallest absolute Gasteiger partial charge is 0.272 e. The van der Waals surface area contributed by atoms with Crippen molar-refractivity contribution in [3.8, 4) is 17.2 Å². The average Bonchev–Trinajstić information content (AvgIpc) is 3.59. The SMILES string of the molecule is CCOc1ccc(NC(=O)CN(C)C(=O)c2cc(C3CC3)nn2-c2ccccc2)cc1OCC. The van der Waals surface area contributed by atoms with Crippen LogP contribution in [-0.2, 0) is 4.79 Å². The number of hydrogen-bond acceptors (Lipinski definition) is 5. The monoisotopic (exact) mass is 462 g/mol. The third kappa shape index (κ3) is 5.39. The Labute approximate surface area is 199 Å². The van der Waals surface area contributed by atoms with Crippen molar-refractivity contribution < 1.29 is 19.1 Å². The van der Waals surface area contributed by atoms with Gasteiger partial charge in [0.2, 0.25) is 5.91 Å². The van der Waals surface area contributed by atoms with Gasteiger partial charge < -0.3 is 19.7 Å². The molecule has 0 spiro atoms. The Hall–Kier alpha value is -3.81. The molecule has 1 aliphatic rings. The number of benzene rings is 2. The first-order valence-electron chi connectivity index (χ1n) is 11.6. The zero-order valence-corrected chi connectivity index (χ0v) is 19.8. The van der Waals surface area contributed by atoms with Gasteiger partial charge in [-0.15, -0.1) is 0 Å². The number of carbonyl (C=O) groups excluding carboxylic acids is 2. The topological polar surface area (TPSA) is 85.7 Å². The minimum atomic E-state index is -0.310. The Kier molecular flexibility index (Phi) is 7.15. The first-order valence-corrected chi connectivity index (χ1v) is 11.6. The fourth-order valence-electron chi connectivity index (χ4n) is 3.71. The second-order valence-electron chi connectivity index (χ2n) is 8.21. The molecule has 1 N–H and O–H groups in total. The number of amides is 2. The normalized spacial score (nSPS) is 12.8. The predicted molar refractivity (Wildman–Crippen MR) is 130 cm³/mol. The van der Waals surface area contributed by atoms with Crippen molar-refractivity contribution in [2.75, 3.05) is 32.1 Å². The summed E-state index contributed by atoms with van der Waals surface area (Å²) in [5.74, 6) is 1.02. The molecule has 2 amide bonds. The van der Waals surface area contributed by atoms with Gasteiger partial charge in [-0.3, -0.25) is 9.59 Å². The molecule has 1 saturated carbocycles. The minimum Gasteiger partial charge on any atom is -0.490 e. The lowest BCUT2D eigenvalue weighted by Crippen LogP contribution is -2.35. The third-order valence-corrected chi connectivity index (χ3v) is 5.50. The van der Waals surface area contributed by atoms with Crippen LogP contribution in [0.3, 0.4) is 0 Å². The lowest BCUT2D eigenvalue weighted by molar-refractivity contribution is -0.116. The van der Waals surface area contributed by atoms with Crippen LogP contribution in [0.1, 0.15) is 48.8 Å². The van der Waals surface area contributed by atoms with Gasteiger partial charge in [-0.2, -0.15) is 5.10 Å². The number of nitrogens with zero attached hydrogens (tertiary/aromatic N) is 3. The maximum absolute atomic E-state index is 13.3. The van der Waals surface area contributed by atoms with Crippen LogP contribution in [0, 0.1) is 0 Å². The van der Waals surface area contributed by atoms with E-state index in [0.29, 0.717) is 42.0 Å². The molecule has 1 aromatic heterocycles. The third-order valence-electron chi connectivity index (χ3n) is 5.50. The van der Waals surface area contributed by atoms with E-state index in [4.69, 9.17) is 9.47 Å². The Morgan fingerprint density at radius 3 is 2.41 bits per heavy atom. The van der Waals surface area contributed by atoms with Crippen LogP contribution >= 0.6 is 0 Å².